The number of benzene rings is 1. The monoisotopic (exact) mass is 276 g/mol. The molecule has 0 aromatic heterocycles. The summed E-state index contributed by atoms with van der Waals surface area (Å²) in [5.74, 6) is 0. The zero-order chi connectivity index (χ0) is 14.4. The molecule has 1 saturated carbocycles. The molecule has 0 unspecified atom stereocenters. The Bertz CT molecular complexity index is 454. The number of amides is 1. The highest BCUT2D eigenvalue weighted by atomic mass is 16.5. The fourth-order valence-corrected chi connectivity index (χ4v) is 2.61. The minimum absolute atomic E-state index is 0.380. The van der Waals surface area contributed by atoms with Crippen LogP contribution >= 0.6 is 0 Å². The lowest BCUT2D eigenvalue weighted by molar-refractivity contribution is 0.168. The van der Waals surface area contributed by atoms with Gasteiger partial charge in [0.15, 0.2) is 0 Å². The van der Waals surface area contributed by atoms with Gasteiger partial charge in [-0.25, -0.2) is 4.79 Å². The molecule has 0 bridgehead atoms. The normalized spacial score (nSPS) is 15.7. The molecule has 0 radical (unpaired) electrons. The molecule has 1 aliphatic carbocycles. The quantitative estimate of drug-likeness (QED) is 0.861. The molecule has 4 heteroatoms. The Morgan fingerprint density at radius 2 is 2.05 bits per heavy atom. The molecule has 4 nitrogen and oxygen atoms in total. The fourth-order valence-electron chi connectivity index (χ4n) is 2.61. The fraction of sp³-hybridized carbons (Fsp3) is 0.562. The molecule has 0 spiro atoms. The van der Waals surface area contributed by atoms with Crippen LogP contribution in [0.4, 0.5) is 16.2 Å². The Morgan fingerprint density at radius 3 is 2.75 bits per heavy atom. The van der Waals surface area contributed by atoms with E-state index in [1.54, 1.807) is 6.92 Å². The first-order chi connectivity index (χ1) is 9.69. The van der Waals surface area contributed by atoms with Crippen LogP contribution in [0.5, 0.6) is 0 Å². The Hall–Kier alpha value is -1.71. The van der Waals surface area contributed by atoms with Crippen LogP contribution < -0.4 is 10.6 Å². The molecule has 0 heterocycles. The van der Waals surface area contributed by atoms with Gasteiger partial charge in [0.25, 0.3) is 0 Å². The second-order valence-electron chi connectivity index (χ2n) is 5.35. The summed E-state index contributed by atoms with van der Waals surface area (Å²) in [4.78, 5) is 11.4. The first-order valence-electron chi connectivity index (χ1n) is 7.50. The summed E-state index contributed by atoms with van der Waals surface area (Å²) in [6.45, 7) is 4.26. The number of nitrogens with one attached hydrogen (secondary N) is 2. The molecule has 20 heavy (non-hydrogen) atoms. The molecular formula is C16H24N2O2. The van der Waals surface area contributed by atoms with E-state index in [9.17, 15) is 4.79 Å². The van der Waals surface area contributed by atoms with Crippen LogP contribution in [-0.4, -0.2) is 18.7 Å². The Kier molecular flexibility index (Phi) is 5.27. The maximum Gasteiger partial charge on any atom is 0.411 e. The van der Waals surface area contributed by atoms with Crippen LogP contribution in [0.1, 0.15) is 44.6 Å². The minimum Gasteiger partial charge on any atom is -0.450 e. The van der Waals surface area contributed by atoms with Crippen LogP contribution in [-0.2, 0) is 4.74 Å². The van der Waals surface area contributed by atoms with E-state index in [0.717, 1.165) is 11.4 Å². The number of hydrogen-bond acceptors (Lipinski definition) is 3. The van der Waals surface area contributed by atoms with Gasteiger partial charge in [-0.05, 0) is 44.4 Å². The predicted molar refractivity (Wildman–Crippen MR) is 82.3 cm³/mol. The maximum absolute atomic E-state index is 11.4. The summed E-state index contributed by atoms with van der Waals surface area (Å²) >= 11 is 0. The van der Waals surface area contributed by atoms with Gasteiger partial charge in [-0.3, -0.25) is 5.32 Å². The Labute approximate surface area is 120 Å². The van der Waals surface area contributed by atoms with Gasteiger partial charge in [-0.1, -0.05) is 25.3 Å². The molecule has 1 amide bonds. The molecule has 0 aliphatic heterocycles. The van der Waals surface area contributed by atoms with Crippen molar-refractivity contribution in [3.63, 3.8) is 0 Å². The van der Waals surface area contributed by atoms with Crippen molar-refractivity contribution >= 4 is 17.5 Å². The first kappa shape index (κ1) is 14.7. The third-order valence-corrected chi connectivity index (χ3v) is 3.72. The van der Waals surface area contributed by atoms with E-state index in [0.29, 0.717) is 12.6 Å². The smallest absolute Gasteiger partial charge is 0.411 e. The highest BCUT2D eigenvalue weighted by Crippen LogP contribution is 2.26. The van der Waals surface area contributed by atoms with Crippen molar-refractivity contribution in [2.24, 2.45) is 0 Å². The van der Waals surface area contributed by atoms with E-state index in [-0.39, 0.29) is 0 Å². The second-order valence-corrected chi connectivity index (χ2v) is 5.35. The van der Waals surface area contributed by atoms with E-state index >= 15 is 0 Å². The number of carbonyl (C=O) groups is 1. The summed E-state index contributed by atoms with van der Waals surface area (Å²) < 4.78 is 4.90. The number of anilines is 2. The van der Waals surface area contributed by atoms with E-state index in [1.165, 1.54) is 37.7 Å². The molecule has 0 saturated heterocycles. The van der Waals surface area contributed by atoms with Crippen molar-refractivity contribution < 1.29 is 9.53 Å². The van der Waals surface area contributed by atoms with E-state index in [1.807, 2.05) is 18.2 Å². The number of carbonyl (C=O) groups excluding carboxylic acids is 1. The molecule has 110 valence electrons. The largest absolute Gasteiger partial charge is 0.450 e. The van der Waals surface area contributed by atoms with Crippen molar-refractivity contribution in [3.8, 4) is 0 Å². The lowest BCUT2D eigenvalue weighted by Crippen LogP contribution is -2.22. The van der Waals surface area contributed by atoms with Gasteiger partial charge in [-0.15, -0.1) is 0 Å². The third kappa shape index (κ3) is 4.15. The lowest BCUT2D eigenvalue weighted by Gasteiger charge is -2.25. The van der Waals surface area contributed by atoms with Gasteiger partial charge in [0.2, 0.25) is 0 Å². The average Bonchev–Trinajstić information content (AvgIpc) is 2.44. The van der Waals surface area contributed by atoms with Gasteiger partial charge in [0, 0.05) is 17.4 Å². The van der Waals surface area contributed by atoms with E-state index in [4.69, 9.17) is 4.74 Å². The van der Waals surface area contributed by atoms with Gasteiger partial charge >= 0.3 is 6.09 Å². The van der Waals surface area contributed by atoms with Gasteiger partial charge in [-0.2, -0.15) is 0 Å². The maximum atomic E-state index is 11.4. The summed E-state index contributed by atoms with van der Waals surface area (Å²) in [6, 6.07) is 6.46. The minimum atomic E-state index is -0.403. The molecule has 0 atom stereocenters. The Balaban J connectivity index is 2.02. The topological polar surface area (TPSA) is 50.4 Å². The number of ether oxygens (including phenoxy) is 1. The van der Waals surface area contributed by atoms with Crippen molar-refractivity contribution in [1.82, 2.24) is 0 Å². The number of aryl methyl sites for hydroxylation is 1. The van der Waals surface area contributed by atoms with Crippen molar-refractivity contribution in [2.75, 3.05) is 17.2 Å². The Morgan fingerprint density at radius 1 is 1.30 bits per heavy atom. The molecule has 1 aromatic carbocycles. The zero-order valence-electron chi connectivity index (χ0n) is 12.4. The highest BCUT2D eigenvalue weighted by Gasteiger charge is 2.14. The molecule has 1 aliphatic rings. The van der Waals surface area contributed by atoms with E-state index < -0.39 is 6.09 Å². The van der Waals surface area contributed by atoms with Crippen molar-refractivity contribution in [1.29, 1.82) is 0 Å². The molecular weight excluding hydrogens is 252 g/mol. The zero-order valence-corrected chi connectivity index (χ0v) is 12.4. The highest BCUT2D eigenvalue weighted by molar-refractivity contribution is 5.85. The standard InChI is InChI=1S/C16H24N2O2/c1-3-20-16(19)18-14-10-9-12(2)15(11-14)17-13-7-5-4-6-8-13/h9-11,13,17H,3-8H2,1-2H3,(H,18,19). The molecule has 2 rings (SSSR count). The van der Waals surface area contributed by atoms with Crippen LogP contribution in [0.2, 0.25) is 0 Å². The summed E-state index contributed by atoms with van der Waals surface area (Å²) in [5.41, 5.74) is 3.07. The predicted octanol–water partition coefficient (Wildman–Crippen LogP) is 4.31. The van der Waals surface area contributed by atoms with Crippen molar-refractivity contribution in [3.05, 3.63) is 23.8 Å². The number of hydrogen-bond donors (Lipinski definition) is 2. The molecule has 1 fully saturated rings. The summed E-state index contributed by atoms with van der Waals surface area (Å²) in [6.07, 6.45) is 6.01. The SMILES string of the molecule is CCOC(=O)Nc1ccc(C)c(NC2CCCCC2)c1. The van der Waals surface area contributed by atoms with Gasteiger partial charge < -0.3 is 10.1 Å². The second kappa shape index (κ2) is 7.17. The van der Waals surface area contributed by atoms with Crippen LogP contribution in [0.25, 0.3) is 0 Å². The first-order valence-corrected chi connectivity index (χ1v) is 7.50. The summed E-state index contributed by atoms with van der Waals surface area (Å²) in [5, 5.41) is 6.35. The van der Waals surface area contributed by atoms with E-state index in [2.05, 4.69) is 17.6 Å². The molecule has 1 aromatic rings. The van der Waals surface area contributed by atoms with Gasteiger partial charge in [0.05, 0.1) is 6.61 Å². The summed E-state index contributed by atoms with van der Waals surface area (Å²) in [7, 11) is 0. The number of rotatable bonds is 4. The molecule has 2 N–H and O–H groups in total. The van der Waals surface area contributed by atoms with Gasteiger partial charge in [0.1, 0.15) is 0 Å². The lowest BCUT2D eigenvalue weighted by atomic mass is 9.95. The van der Waals surface area contributed by atoms with Crippen LogP contribution in [0.15, 0.2) is 18.2 Å². The van der Waals surface area contributed by atoms with Crippen LogP contribution in [0.3, 0.4) is 0 Å². The van der Waals surface area contributed by atoms with Crippen molar-refractivity contribution in [2.45, 2.75) is 52.0 Å². The average molecular weight is 276 g/mol. The third-order valence-electron chi connectivity index (χ3n) is 3.72. The van der Waals surface area contributed by atoms with Crippen LogP contribution in [0, 0.1) is 6.92 Å².